The highest BCUT2D eigenvalue weighted by molar-refractivity contribution is 5.95. The SMILES string of the molecule is CC(C)(F)[C@H](NC(=O)C(F)(F)F)C(=O)N1C[C@H]2[C@@H]([C@H]1C(=O)N[C@H](C#N)C[C@@H]1CCNC1=O)C2(C)C. The Morgan fingerprint density at radius 3 is 2.34 bits per heavy atom. The number of nitrogens with zero attached hydrogens (tertiary/aromatic N) is 2. The number of carbonyl (C=O) groups is 4. The summed E-state index contributed by atoms with van der Waals surface area (Å²) in [5.74, 6) is -5.53. The number of fused-ring (bicyclic) bond motifs is 1. The fourth-order valence-corrected chi connectivity index (χ4v) is 5.27. The molecule has 0 bridgehead atoms. The van der Waals surface area contributed by atoms with Gasteiger partial charge in [0.25, 0.3) is 0 Å². The van der Waals surface area contributed by atoms with Crippen molar-refractivity contribution in [2.45, 2.75) is 70.5 Å². The summed E-state index contributed by atoms with van der Waals surface area (Å²) in [6.45, 7) is 5.92. The van der Waals surface area contributed by atoms with Crippen molar-refractivity contribution in [3.05, 3.63) is 0 Å². The highest BCUT2D eigenvalue weighted by Crippen LogP contribution is 2.65. The number of carbonyl (C=O) groups excluding carboxylic acids is 4. The third kappa shape index (κ3) is 5.21. The van der Waals surface area contributed by atoms with Gasteiger partial charge in [-0.25, -0.2) is 4.39 Å². The van der Waals surface area contributed by atoms with Gasteiger partial charge in [0.15, 0.2) is 0 Å². The third-order valence-corrected chi connectivity index (χ3v) is 7.38. The standard InChI is InChI=1S/C22H29F4N5O4/c1-20(2)12-9-31(18(34)15(21(3,4)23)30-19(35)22(24,25)26)14(13(12)20)17(33)29-11(8-27)7-10-5-6-28-16(10)32/h10-15H,5-7,9H2,1-4H3,(H,28,32)(H,29,33)(H,30,35)/t10-,11-,12-,13-,14-,15+/m0/s1. The largest absolute Gasteiger partial charge is 0.471 e. The predicted molar refractivity (Wildman–Crippen MR) is 113 cm³/mol. The van der Waals surface area contributed by atoms with Crippen molar-refractivity contribution in [2.75, 3.05) is 13.1 Å². The van der Waals surface area contributed by atoms with Crippen LogP contribution in [0.1, 0.15) is 40.5 Å². The van der Waals surface area contributed by atoms with Gasteiger partial charge >= 0.3 is 12.1 Å². The van der Waals surface area contributed by atoms with E-state index in [4.69, 9.17) is 0 Å². The first kappa shape index (κ1) is 26.7. The summed E-state index contributed by atoms with van der Waals surface area (Å²) >= 11 is 0. The first-order chi connectivity index (χ1) is 16.0. The molecule has 3 N–H and O–H groups in total. The summed E-state index contributed by atoms with van der Waals surface area (Å²) in [5, 5.41) is 16.1. The minimum atomic E-state index is -5.33. The van der Waals surface area contributed by atoms with Gasteiger partial charge in [0.1, 0.15) is 23.8 Å². The second kappa shape index (κ2) is 8.95. The van der Waals surface area contributed by atoms with Crippen LogP contribution in [0.4, 0.5) is 17.6 Å². The van der Waals surface area contributed by atoms with Gasteiger partial charge in [0, 0.05) is 19.0 Å². The van der Waals surface area contributed by atoms with E-state index in [1.54, 1.807) is 0 Å². The average Bonchev–Trinajstić information content (AvgIpc) is 3.10. The highest BCUT2D eigenvalue weighted by atomic mass is 19.4. The van der Waals surface area contributed by atoms with Gasteiger partial charge in [0.05, 0.1) is 6.07 Å². The Kier molecular flexibility index (Phi) is 6.82. The van der Waals surface area contributed by atoms with E-state index < -0.39 is 53.6 Å². The quantitative estimate of drug-likeness (QED) is 0.443. The molecular weight excluding hydrogens is 474 g/mol. The smallest absolute Gasteiger partial charge is 0.356 e. The zero-order chi connectivity index (χ0) is 26.5. The number of hydrogen-bond acceptors (Lipinski definition) is 5. The maximum Gasteiger partial charge on any atom is 0.471 e. The maximum atomic E-state index is 14.8. The molecular formula is C22H29F4N5O4. The van der Waals surface area contributed by atoms with Crippen LogP contribution in [-0.2, 0) is 19.2 Å². The van der Waals surface area contributed by atoms with Crippen LogP contribution in [0, 0.1) is 34.5 Å². The second-order valence-electron chi connectivity index (χ2n) is 10.6. The van der Waals surface area contributed by atoms with Crippen molar-refractivity contribution in [2.24, 2.45) is 23.2 Å². The summed E-state index contributed by atoms with van der Waals surface area (Å²) in [6.07, 6.45) is -4.76. The summed E-state index contributed by atoms with van der Waals surface area (Å²) < 4.78 is 53.2. The van der Waals surface area contributed by atoms with Gasteiger partial charge in [-0.05, 0) is 43.9 Å². The Morgan fingerprint density at radius 1 is 1.23 bits per heavy atom. The van der Waals surface area contributed by atoms with E-state index in [0.717, 1.165) is 18.7 Å². The molecule has 1 aliphatic carbocycles. The van der Waals surface area contributed by atoms with Crippen LogP contribution in [0.2, 0.25) is 0 Å². The number of halogens is 4. The van der Waals surface area contributed by atoms with E-state index in [2.05, 4.69) is 10.6 Å². The molecule has 4 amide bonds. The van der Waals surface area contributed by atoms with Crippen LogP contribution in [0.3, 0.4) is 0 Å². The molecule has 0 unspecified atom stereocenters. The average molecular weight is 503 g/mol. The molecule has 3 aliphatic rings. The topological polar surface area (TPSA) is 131 Å². The number of amides is 4. The number of piperidine rings is 1. The summed E-state index contributed by atoms with van der Waals surface area (Å²) in [5.41, 5.74) is -2.92. The van der Waals surface area contributed by atoms with E-state index in [1.807, 2.05) is 19.9 Å². The van der Waals surface area contributed by atoms with Crippen molar-refractivity contribution < 1.29 is 36.7 Å². The van der Waals surface area contributed by atoms with Gasteiger partial charge in [-0.2, -0.15) is 18.4 Å². The molecule has 1 saturated carbocycles. The van der Waals surface area contributed by atoms with Crippen molar-refractivity contribution in [1.29, 1.82) is 5.26 Å². The molecule has 2 aliphatic heterocycles. The monoisotopic (exact) mass is 503 g/mol. The highest BCUT2D eigenvalue weighted by Gasteiger charge is 2.70. The Balaban J connectivity index is 1.81. The Morgan fingerprint density at radius 2 is 1.86 bits per heavy atom. The lowest BCUT2D eigenvalue weighted by atomic mass is 9.95. The molecule has 0 aromatic heterocycles. The van der Waals surface area contributed by atoms with Crippen LogP contribution in [0.5, 0.6) is 0 Å². The number of hydrogen-bond donors (Lipinski definition) is 3. The number of nitrogens with one attached hydrogen (secondary N) is 3. The molecule has 0 spiro atoms. The van der Waals surface area contributed by atoms with E-state index in [-0.39, 0.29) is 36.1 Å². The molecule has 2 saturated heterocycles. The normalized spacial score (nSPS) is 28.9. The van der Waals surface area contributed by atoms with Crippen LogP contribution < -0.4 is 16.0 Å². The molecule has 6 atom stereocenters. The number of rotatable bonds is 7. The van der Waals surface area contributed by atoms with Crippen LogP contribution in [0.25, 0.3) is 0 Å². The zero-order valence-electron chi connectivity index (χ0n) is 19.8. The van der Waals surface area contributed by atoms with E-state index >= 15 is 0 Å². The van der Waals surface area contributed by atoms with Crippen LogP contribution >= 0.6 is 0 Å². The van der Waals surface area contributed by atoms with Crippen molar-refractivity contribution in [3.63, 3.8) is 0 Å². The molecule has 35 heavy (non-hydrogen) atoms. The summed E-state index contributed by atoms with van der Waals surface area (Å²) in [4.78, 5) is 50.8. The van der Waals surface area contributed by atoms with Gasteiger partial charge in [-0.15, -0.1) is 0 Å². The lowest BCUT2D eigenvalue weighted by Crippen LogP contribution is -2.62. The number of nitriles is 1. The van der Waals surface area contributed by atoms with Crippen molar-refractivity contribution >= 4 is 23.6 Å². The first-order valence-corrected chi connectivity index (χ1v) is 11.3. The molecule has 2 heterocycles. The number of likely N-dealkylation sites (tertiary alicyclic amines) is 1. The Hall–Kier alpha value is -2.91. The van der Waals surface area contributed by atoms with Crippen LogP contribution in [0.15, 0.2) is 0 Å². The molecule has 194 valence electrons. The fraction of sp³-hybridized carbons (Fsp3) is 0.773. The molecule has 0 aromatic carbocycles. The predicted octanol–water partition coefficient (Wildman–Crippen LogP) is 0.799. The Bertz CT molecular complexity index is 955. The van der Waals surface area contributed by atoms with Gasteiger partial charge < -0.3 is 20.9 Å². The molecule has 0 aromatic rings. The Labute approximate surface area is 199 Å². The maximum absolute atomic E-state index is 14.8. The molecule has 3 fully saturated rings. The summed E-state index contributed by atoms with van der Waals surface area (Å²) in [7, 11) is 0. The lowest BCUT2D eigenvalue weighted by molar-refractivity contribution is -0.176. The van der Waals surface area contributed by atoms with E-state index in [9.17, 15) is 42.0 Å². The molecule has 13 heteroatoms. The second-order valence-corrected chi connectivity index (χ2v) is 10.6. The third-order valence-electron chi connectivity index (χ3n) is 7.38. The minimum absolute atomic E-state index is 0.00862. The summed E-state index contributed by atoms with van der Waals surface area (Å²) in [6, 6.07) is -2.45. The fourth-order valence-electron chi connectivity index (χ4n) is 5.27. The lowest BCUT2D eigenvalue weighted by Gasteiger charge is -2.36. The number of alkyl halides is 4. The van der Waals surface area contributed by atoms with Gasteiger partial charge in [-0.3, -0.25) is 19.2 Å². The molecule has 9 nitrogen and oxygen atoms in total. The molecule has 3 rings (SSSR count). The zero-order valence-corrected chi connectivity index (χ0v) is 19.8. The van der Waals surface area contributed by atoms with Gasteiger partial charge in [0.2, 0.25) is 17.7 Å². The van der Waals surface area contributed by atoms with E-state index in [0.29, 0.717) is 13.0 Å². The van der Waals surface area contributed by atoms with Crippen molar-refractivity contribution in [3.8, 4) is 6.07 Å². The van der Waals surface area contributed by atoms with Crippen molar-refractivity contribution in [1.82, 2.24) is 20.9 Å². The van der Waals surface area contributed by atoms with E-state index in [1.165, 1.54) is 5.32 Å². The van der Waals surface area contributed by atoms with Gasteiger partial charge in [-0.1, -0.05) is 13.8 Å². The minimum Gasteiger partial charge on any atom is -0.356 e. The molecule has 0 radical (unpaired) electrons. The first-order valence-electron chi connectivity index (χ1n) is 11.3. The van der Waals surface area contributed by atoms with Crippen LogP contribution in [-0.4, -0.2) is 71.6 Å².